The molecule has 0 atom stereocenters. The Morgan fingerprint density at radius 3 is 0.513 bits per heavy atom. The van der Waals surface area contributed by atoms with Crippen LogP contribution in [0.5, 0.6) is 0 Å². The van der Waals surface area contributed by atoms with Gasteiger partial charge in [-0.05, 0) is 77.0 Å². The van der Waals surface area contributed by atoms with Crippen LogP contribution in [0.4, 0.5) is 0 Å². The molecule has 16 nitrogen and oxygen atoms in total. The fourth-order valence-corrected chi connectivity index (χ4v) is 7.45. The summed E-state index contributed by atoms with van der Waals surface area (Å²) in [6, 6.07) is 0. The highest BCUT2D eigenvalue weighted by Crippen LogP contribution is 2.12. The highest BCUT2D eigenvalue weighted by molar-refractivity contribution is 5.71. The van der Waals surface area contributed by atoms with Crippen molar-refractivity contribution in [3.8, 4) is 0 Å². The average molecular weight is 1090 g/mol. The van der Waals surface area contributed by atoms with Crippen LogP contribution in [-0.4, -0.2) is 94.6 Å². The van der Waals surface area contributed by atoms with Crippen LogP contribution in [0, 0.1) is 0 Å². The number of carboxylic acid groups (broad SMARTS) is 4. The van der Waals surface area contributed by atoms with Gasteiger partial charge in [0.25, 0.3) is 0 Å². The van der Waals surface area contributed by atoms with Gasteiger partial charge in [0, 0.05) is 51.4 Å². The molecule has 0 saturated heterocycles. The summed E-state index contributed by atoms with van der Waals surface area (Å²) >= 11 is 0. The topological polar surface area (TPSA) is 254 Å². The number of rotatable bonds is 52. The normalized spacial score (nSPS) is 10.4. The molecule has 0 saturated carbocycles. The minimum absolute atomic E-state index is 0.0628. The molecule has 0 radical (unpaired) electrons. The van der Waals surface area contributed by atoms with Gasteiger partial charge in [-0.1, -0.05) is 182 Å². The van der Waals surface area contributed by atoms with Crippen molar-refractivity contribution in [2.75, 3.05) is 26.4 Å². The first kappa shape index (κ1) is 78.3. The summed E-state index contributed by atoms with van der Waals surface area (Å²) in [6.45, 7) is 11.0. The molecular formula is C60H112O16. The van der Waals surface area contributed by atoms with Crippen LogP contribution >= 0.6 is 0 Å². The van der Waals surface area contributed by atoms with E-state index in [1.54, 1.807) is 0 Å². The average Bonchev–Trinajstić information content (AvgIpc) is 3.38. The molecular weight excluding hydrogens is 977 g/mol. The molecule has 0 amide bonds. The summed E-state index contributed by atoms with van der Waals surface area (Å²) in [7, 11) is 0. The van der Waals surface area contributed by atoms with Gasteiger partial charge in [-0.2, -0.15) is 0 Å². The standard InChI is InChI=1S/C26H50O4.C22H42O4.2C6H10O4/c1-3-5-7-9-11-13-15-19-23-29-25(27)21-17-18-22-26(28)30-24-20-16-14-12-10-8-6-4-2;1-3-5-7-9-11-15-19-25-21(23)17-13-14-18-22(24)26-20-16-12-10-8-6-4-2;2*7-5(8)3-1-2-4-6(9)10/h3-24H2,1-2H3;3-20H2,1-2H3;2*1-4H2,(H,7,8)(H,9,10). The maximum atomic E-state index is 11.7. The number of ether oxygens (including phenoxy) is 4. The molecule has 0 aromatic heterocycles. The Morgan fingerprint density at radius 2 is 0.355 bits per heavy atom. The zero-order chi connectivity index (χ0) is 57.4. The third-order valence-electron chi connectivity index (χ3n) is 12.1. The second-order valence-electron chi connectivity index (χ2n) is 19.8. The molecule has 16 heteroatoms. The molecule has 0 bridgehead atoms. The number of carbonyl (C=O) groups excluding carboxylic acids is 4. The molecule has 0 heterocycles. The van der Waals surface area contributed by atoms with Crippen molar-refractivity contribution in [2.24, 2.45) is 0 Å². The highest BCUT2D eigenvalue weighted by Gasteiger charge is 2.08. The molecule has 0 aliphatic rings. The predicted octanol–water partition coefficient (Wildman–Crippen LogP) is 15.7. The highest BCUT2D eigenvalue weighted by atomic mass is 16.5. The van der Waals surface area contributed by atoms with Crippen molar-refractivity contribution in [1.29, 1.82) is 0 Å². The fraction of sp³-hybridized carbons (Fsp3) is 0.867. The second-order valence-corrected chi connectivity index (χ2v) is 19.8. The first-order valence-electron chi connectivity index (χ1n) is 30.2. The molecule has 0 fully saturated rings. The van der Waals surface area contributed by atoms with Crippen LogP contribution in [0.2, 0.25) is 0 Å². The third-order valence-corrected chi connectivity index (χ3v) is 12.1. The van der Waals surface area contributed by atoms with E-state index in [-0.39, 0.29) is 49.6 Å². The van der Waals surface area contributed by atoms with Crippen molar-refractivity contribution in [3.05, 3.63) is 0 Å². The Morgan fingerprint density at radius 1 is 0.211 bits per heavy atom. The van der Waals surface area contributed by atoms with E-state index in [9.17, 15) is 38.4 Å². The van der Waals surface area contributed by atoms with Crippen LogP contribution in [0.25, 0.3) is 0 Å². The lowest BCUT2D eigenvalue weighted by Gasteiger charge is -2.06. The van der Waals surface area contributed by atoms with Gasteiger partial charge in [0.2, 0.25) is 0 Å². The number of unbranched alkanes of at least 4 members (excludes halogenated alkanes) is 28. The molecule has 448 valence electrons. The summed E-state index contributed by atoms with van der Waals surface area (Å²) in [4.78, 5) is 86.2. The maximum absolute atomic E-state index is 11.7. The number of carbonyl (C=O) groups is 8. The first-order chi connectivity index (χ1) is 36.7. The summed E-state index contributed by atoms with van der Waals surface area (Å²) < 4.78 is 21.0. The Bertz CT molecular complexity index is 1220. The first-order valence-corrected chi connectivity index (χ1v) is 30.2. The van der Waals surface area contributed by atoms with Crippen LogP contribution in [0.15, 0.2) is 0 Å². The quantitative estimate of drug-likeness (QED) is 0.0251. The SMILES string of the molecule is CCCCCCCCCCOC(=O)CCCCC(=O)OCCCCCCCCCC.CCCCCCCCOC(=O)CCCCC(=O)OCCCCCCCC.O=C(O)CCCCC(=O)O.O=C(O)CCCCC(=O)O. The summed E-state index contributed by atoms with van der Waals surface area (Å²) in [5, 5.41) is 32.5. The summed E-state index contributed by atoms with van der Waals surface area (Å²) in [5.74, 6) is -4.03. The van der Waals surface area contributed by atoms with Gasteiger partial charge in [0.1, 0.15) is 0 Å². The van der Waals surface area contributed by atoms with E-state index in [1.807, 2.05) is 0 Å². The second kappa shape index (κ2) is 66.9. The van der Waals surface area contributed by atoms with E-state index in [4.69, 9.17) is 39.4 Å². The maximum Gasteiger partial charge on any atom is 0.305 e. The zero-order valence-electron chi connectivity index (χ0n) is 48.6. The summed E-state index contributed by atoms with van der Waals surface area (Å²) in [5.41, 5.74) is 0. The van der Waals surface area contributed by atoms with E-state index in [1.165, 1.54) is 128 Å². The number of carboxylic acids is 4. The lowest BCUT2D eigenvalue weighted by molar-refractivity contribution is -0.146. The predicted molar refractivity (Wildman–Crippen MR) is 300 cm³/mol. The zero-order valence-corrected chi connectivity index (χ0v) is 48.6. The summed E-state index contributed by atoms with van der Waals surface area (Å²) in [6.07, 6.45) is 40.6. The molecule has 0 aromatic rings. The minimum atomic E-state index is -0.870. The minimum Gasteiger partial charge on any atom is -0.481 e. The molecule has 0 aromatic carbocycles. The molecule has 4 N–H and O–H groups in total. The monoisotopic (exact) mass is 1090 g/mol. The van der Waals surface area contributed by atoms with Crippen LogP contribution in [-0.2, 0) is 57.3 Å². The smallest absolute Gasteiger partial charge is 0.305 e. The number of hydrogen-bond donors (Lipinski definition) is 4. The van der Waals surface area contributed by atoms with Gasteiger partial charge in [-0.25, -0.2) is 0 Å². The van der Waals surface area contributed by atoms with E-state index >= 15 is 0 Å². The van der Waals surface area contributed by atoms with Gasteiger partial charge >= 0.3 is 47.8 Å². The number of hydrogen-bond acceptors (Lipinski definition) is 12. The fourth-order valence-electron chi connectivity index (χ4n) is 7.45. The Labute approximate surface area is 460 Å². The number of aliphatic carboxylic acids is 4. The third kappa shape index (κ3) is 81.1. The Balaban J connectivity index is -0.000000505. The lowest BCUT2D eigenvalue weighted by Crippen LogP contribution is -2.08. The van der Waals surface area contributed by atoms with Gasteiger partial charge in [0.15, 0.2) is 0 Å². The van der Waals surface area contributed by atoms with E-state index in [0.29, 0.717) is 103 Å². The van der Waals surface area contributed by atoms with Crippen LogP contribution in [0.3, 0.4) is 0 Å². The van der Waals surface area contributed by atoms with Gasteiger partial charge in [-0.15, -0.1) is 0 Å². The van der Waals surface area contributed by atoms with E-state index in [2.05, 4.69) is 27.7 Å². The Kier molecular flexibility index (Phi) is 68.9. The molecule has 76 heavy (non-hydrogen) atoms. The number of esters is 4. The van der Waals surface area contributed by atoms with Gasteiger partial charge in [0.05, 0.1) is 26.4 Å². The largest absolute Gasteiger partial charge is 0.481 e. The van der Waals surface area contributed by atoms with Gasteiger partial charge < -0.3 is 39.4 Å². The van der Waals surface area contributed by atoms with Crippen molar-refractivity contribution < 1.29 is 77.7 Å². The molecule has 0 rings (SSSR count). The van der Waals surface area contributed by atoms with E-state index in [0.717, 1.165) is 51.4 Å². The molecule has 0 unspecified atom stereocenters. The van der Waals surface area contributed by atoms with Crippen molar-refractivity contribution >= 4 is 47.8 Å². The van der Waals surface area contributed by atoms with Crippen LogP contribution in [0.1, 0.15) is 310 Å². The molecule has 0 aliphatic carbocycles. The van der Waals surface area contributed by atoms with Crippen LogP contribution < -0.4 is 0 Å². The lowest BCUT2D eigenvalue weighted by atomic mass is 10.1. The van der Waals surface area contributed by atoms with Crippen molar-refractivity contribution in [2.45, 2.75) is 310 Å². The Hall–Kier alpha value is -4.24. The van der Waals surface area contributed by atoms with E-state index < -0.39 is 23.9 Å². The van der Waals surface area contributed by atoms with Crippen molar-refractivity contribution in [3.63, 3.8) is 0 Å². The molecule has 0 spiro atoms. The molecule has 0 aliphatic heterocycles. The van der Waals surface area contributed by atoms with Gasteiger partial charge in [-0.3, -0.25) is 38.4 Å². The van der Waals surface area contributed by atoms with Crippen molar-refractivity contribution in [1.82, 2.24) is 0 Å².